The maximum Gasteiger partial charge on any atom is 0.326 e. The molecule has 5 nitrogen and oxygen atoms in total. The van der Waals surface area contributed by atoms with Crippen LogP contribution >= 0.6 is 11.3 Å². The van der Waals surface area contributed by atoms with Crippen molar-refractivity contribution in [1.82, 2.24) is 10.6 Å². The Labute approximate surface area is 109 Å². The normalized spacial score (nSPS) is 16.0. The number of rotatable bonds is 6. The van der Waals surface area contributed by atoms with Crippen LogP contribution in [0.15, 0.2) is 16.8 Å². The van der Waals surface area contributed by atoms with E-state index in [1.807, 2.05) is 16.8 Å². The van der Waals surface area contributed by atoms with Crippen molar-refractivity contribution >= 4 is 23.3 Å². The third-order valence-electron chi connectivity index (χ3n) is 2.93. The molecule has 0 spiro atoms. The minimum atomic E-state index is -0.953. The van der Waals surface area contributed by atoms with Crippen molar-refractivity contribution < 1.29 is 14.7 Å². The van der Waals surface area contributed by atoms with E-state index >= 15 is 0 Å². The number of carboxylic acid groups (broad SMARTS) is 1. The van der Waals surface area contributed by atoms with E-state index in [4.69, 9.17) is 5.11 Å². The van der Waals surface area contributed by atoms with Crippen LogP contribution in [0.25, 0.3) is 0 Å². The first-order valence-electron chi connectivity index (χ1n) is 5.95. The van der Waals surface area contributed by atoms with Crippen molar-refractivity contribution in [2.24, 2.45) is 5.92 Å². The Morgan fingerprint density at radius 2 is 2.28 bits per heavy atom. The van der Waals surface area contributed by atoms with Gasteiger partial charge in [0.15, 0.2) is 0 Å². The Bertz CT molecular complexity index is 415. The largest absolute Gasteiger partial charge is 0.480 e. The Morgan fingerprint density at radius 1 is 1.50 bits per heavy atom. The number of urea groups is 1. The van der Waals surface area contributed by atoms with E-state index in [-0.39, 0.29) is 5.92 Å². The summed E-state index contributed by atoms with van der Waals surface area (Å²) in [4.78, 5) is 22.5. The summed E-state index contributed by atoms with van der Waals surface area (Å²) >= 11 is 1.62. The summed E-state index contributed by atoms with van der Waals surface area (Å²) in [7, 11) is 0. The van der Waals surface area contributed by atoms with Crippen molar-refractivity contribution in [1.29, 1.82) is 0 Å². The summed E-state index contributed by atoms with van der Waals surface area (Å²) < 4.78 is 0. The first-order valence-corrected chi connectivity index (χ1v) is 6.89. The molecule has 0 radical (unpaired) electrons. The number of hydrogen-bond acceptors (Lipinski definition) is 3. The number of carbonyl (C=O) groups is 2. The molecule has 1 heterocycles. The number of carboxylic acids is 1. The van der Waals surface area contributed by atoms with Crippen molar-refractivity contribution in [3.63, 3.8) is 0 Å². The van der Waals surface area contributed by atoms with Crippen molar-refractivity contribution in [3.8, 4) is 0 Å². The van der Waals surface area contributed by atoms with Crippen LogP contribution < -0.4 is 10.6 Å². The average Bonchev–Trinajstić information content (AvgIpc) is 3.03. The van der Waals surface area contributed by atoms with Crippen LogP contribution in [0.3, 0.4) is 0 Å². The zero-order valence-electron chi connectivity index (χ0n) is 9.89. The number of thiophene rings is 1. The highest BCUT2D eigenvalue weighted by molar-refractivity contribution is 7.07. The molecule has 0 bridgehead atoms. The van der Waals surface area contributed by atoms with E-state index in [1.165, 1.54) is 5.56 Å². The molecule has 1 saturated carbocycles. The van der Waals surface area contributed by atoms with Gasteiger partial charge in [0.25, 0.3) is 0 Å². The van der Waals surface area contributed by atoms with Crippen LogP contribution in [-0.4, -0.2) is 29.7 Å². The fourth-order valence-corrected chi connectivity index (χ4v) is 2.46. The standard InChI is InChI=1S/C12H16N2O3S/c15-11(16)10(9-1-2-9)14-12(17)13-5-3-8-4-6-18-7-8/h4,6-7,9-10H,1-3,5H2,(H,15,16)(H2,13,14,17). The van der Waals surface area contributed by atoms with Crippen LogP contribution in [0.2, 0.25) is 0 Å². The minimum Gasteiger partial charge on any atom is -0.480 e. The van der Waals surface area contributed by atoms with Crippen LogP contribution in [0, 0.1) is 5.92 Å². The highest BCUT2D eigenvalue weighted by Gasteiger charge is 2.37. The van der Waals surface area contributed by atoms with E-state index in [9.17, 15) is 9.59 Å². The Morgan fingerprint density at radius 3 is 2.83 bits per heavy atom. The zero-order chi connectivity index (χ0) is 13.0. The molecule has 1 atom stereocenters. The molecule has 1 fully saturated rings. The third kappa shape index (κ3) is 3.73. The van der Waals surface area contributed by atoms with Gasteiger partial charge in [-0.2, -0.15) is 11.3 Å². The first-order chi connectivity index (χ1) is 8.66. The average molecular weight is 268 g/mol. The molecule has 0 aromatic carbocycles. The summed E-state index contributed by atoms with van der Waals surface area (Å²) in [5.74, 6) is -0.851. The SMILES string of the molecule is O=C(NCCc1ccsc1)NC(C(=O)O)C1CC1. The third-order valence-corrected chi connectivity index (χ3v) is 3.66. The molecule has 98 valence electrons. The van der Waals surface area contributed by atoms with Crippen LogP contribution in [-0.2, 0) is 11.2 Å². The van der Waals surface area contributed by atoms with Gasteiger partial charge in [-0.3, -0.25) is 0 Å². The summed E-state index contributed by atoms with van der Waals surface area (Å²) in [5, 5.41) is 18.2. The zero-order valence-corrected chi connectivity index (χ0v) is 10.7. The monoisotopic (exact) mass is 268 g/mol. The Balaban J connectivity index is 1.69. The number of nitrogens with one attached hydrogen (secondary N) is 2. The van der Waals surface area contributed by atoms with E-state index in [1.54, 1.807) is 11.3 Å². The smallest absolute Gasteiger partial charge is 0.326 e. The Kier molecular flexibility index (Phi) is 4.19. The molecule has 3 N–H and O–H groups in total. The molecule has 0 aliphatic heterocycles. The van der Waals surface area contributed by atoms with E-state index in [2.05, 4.69) is 10.6 Å². The predicted octanol–water partition coefficient (Wildman–Crippen LogP) is 1.45. The second kappa shape index (κ2) is 5.86. The van der Waals surface area contributed by atoms with Gasteiger partial charge < -0.3 is 15.7 Å². The molecular weight excluding hydrogens is 252 g/mol. The van der Waals surface area contributed by atoms with Gasteiger partial charge >= 0.3 is 12.0 Å². The molecule has 1 aliphatic carbocycles. The maximum atomic E-state index is 11.5. The quantitative estimate of drug-likeness (QED) is 0.730. The first kappa shape index (κ1) is 12.9. The number of aliphatic carboxylic acids is 1. The lowest BCUT2D eigenvalue weighted by Gasteiger charge is -2.14. The van der Waals surface area contributed by atoms with Gasteiger partial charge in [-0.1, -0.05) is 0 Å². The van der Waals surface area contributed by atoms with Gasteiger partial charge in [0.05, 0.1) is 0 Å². The summed E-state index contributed by atoms with van der Waals surface area (Å²) in [6.07, 6.45) is 2.52. The topological polar surface area (TPSA) is 78.4 Å². The second-order valence-electron chi connectivity index (χ2n) is 4.44. The fraction of sp³-hybridized carbons (Fsp3) is 0.500. The summed E-state index contributed by atoms with van der Waals surface area (Å²) in [6.45, 7) is 0.513. The molecule has 18 heavy (non-hydrogen) atoms. The molecule has 2 rings (SSSR count). The van der Waals surface area contributed by atoms with Crippen molar-refractivity contribution in [3.05, 3.63) is 22.4 Å². The molecule has 0 saturated heterocycles. The van der Waals surface area contributed by atoms with Gasteiger partial charge in [0, 0.05) is 6.54 Å². The maximum absolute atomic E-state index is 11.5. The number of amides is 2. The van der Waals surface area contributed by atoms with Gasteiger partial charge in [0.2, 0.25) is 0 Å². The van der Waals surface area contributed by atoms with E-state index in [0.29, 0.717) is 6.54 Å². The van der Waals surface area contributed by atoms with Gasteiger partial charge in [-0.25, -0.2) is 9.59 Å². The van der Waals surface area contributed by atoms with Crippen LogP contribution in [0.4, 0.5) is 4.79 Å². The number of hydrogen-bond donors (Lipinski definition) is 3. The van der Waals surface area contributed by atoms with Gasteiger partial charge in [-0.05, 0) is 47.6 Å². The van der Waals surface area contributed by atoms with Crippen molar-refractivity contribution in [2.75, 3.05) is 6.54 Å². The predicted molar refractivity (Wildman–Crippen MR) is 68.7 cm³/mol. The molecule has 1 aromatic rings. The lowest BCUT2D eigenvalue weighted by Crippen LogP contribution is -2.47. The molecule has 1 unspecified atom stereocenters. The lowest BCUT2D eigenvalue weighted by atomic mass is 10.2. The van der Waals surface area contributed by atoms with Gasteiger partial charge in [-0.15, -0.1) is 0 Å². The molecule has 2 amide bonds. The van der Waals surface area contributed by atoms with E-state index in [0.717, 1.165) is 19.3 Å². The van der Waals surface area contributed by atoms with Gasteiger partial charge in [0.1, 0.15) is 6.04 Å². The highest BCUT2D eigenvalue weighted by Crippen LogP contribution is 2.32. The lowest BCUT2D eigenvalue weighted by molar-refractivity contribution is -0.139. The minimum absolute atomic E-state index is 0.102. The molecular formula is C12H16N2O3S. The van der Waals surface area contributed by atoms with Crippen LogP contribution in [0.1, 0.15) is 18.4 Å². The molecule has 6 heteroatoms. The highest BCUT2D eigenvalue weighted by atomic mass is 32.1. The molecule has 1 aromatic heterocycles. The number of carbonyl (C=O) groups excluding carboxylic acids is 1. The van der Waals surface area contributed by atoms with Crippen molar-refractivity contribution in [2.45, 2.75) is 25.3 Å². The van der Waals surface area contributed by atoms with E-state index < -0.39 is 18.0 Å². The second-order valence-corrected chi connectivity index (χ2v) is 5.22. The molecule has 1 aliphatic rings. The Hall–Kier alpha value is -1.56. The summed E-state index contributed by atoms with van der Waals surface area (Å²) in [6, 6.07) is 0.866. The summed E-state index contributed by atoms with van der Waals surface area (Å²) in [5.41, 5.74) is 1.18. The van der Waals surface area contributed by atoms with Crippen LogP contribution in [0.5, 0.6) is 0 Å². The fourth-order valence-electron chi connectivity index (χ4n) is 1.76.